The molecule has 138 valence electrons. The number of rotatable bonds is 2. The molecule has 0 N–H and O–H groups in total. The van der Waals surface area contributed by atoms with Gasteiger partial charge in [0.05, 0.1) is 20.8 Å². The molecule has 0 saturated heterocycles. The van der Waals surface area contributed by atoms with Crippen LogP contribution in [0.3, 0.4) is 0 Å². The number of oxime groups is 1. The van der Waals surface area contributed by atoms with Crippen molar-refractivity contribution in [3.05, 3.63) is 67.1 Å². The fourth-order valence-electron chi connectivity index (χ4n) is 2.62. The zero-order valence-electron chi connectivity index (χ0n) is 13.1. The first-order valence-corrected chi connectivity index (χ1v) is 8.79. The van der Waals surface area contributed by atoms with Gasteiger partial charge in [-0.2, -0.15) is 13.2 Å². The van der Waals surface area contributed by atoms with Crippen molar-refractivity contribution in [3.63, 3.8) is 0 Å². The molecule has 3 rings (SSSR count). The van der Waals surface area contributed by atoms with Gasteiger partial charge in [-0.25, -0.2) is 0 Å². The standard InChI is InChI=1S/C17H10Cl4F3NO/c1-8-2-3-9(4-11(8)18)14-7-16(26-25-14,17(22,23)24)10-5-12(19)15(21)13(20)6-10/h2-6H,7H2,1H3. The maximum absolute atomic E-state index is 14.0. The van der Waals surface area contributed by atoms with E-state index < -0.39 is 18.2 Å². The van der Waals surface area contributed by atoms with Gasteiger partial charge in [0.25, 0.3) is 5.60 Å². The summed E-state index contributed by atoms with van der Waals surface area (Å²) >= 11 is 23.7. The summed E-state index contributed by atoms with van der Waals surface area (Å²) in [5.74, 6) is 0. The number of halogens is 7. The second kappa shape index (κ2) is 6.79. The lowest BCUT2D eigenvalue weighted by atomic mass is 9.86. The van der Waals surface area contributed by atoms with Gasteiger partial charge in [-0.15, -0.1) is 0 Å². The molecular formula is C17H10Cl4F3NO. The van der Waals surface area contributed by atoms with E-state index in [1.807, 2.05) is 0 Å². The lowest BCUT2D eigenvalue weighted by molar-refractivity contribution is -0.275. The van der Waals surface area contributed by atoms with Gasteiger partial charge < -0.3 is 4.84 Å². The van der Waals surface area contributed by atoms with Crippen molar-refractivity contribution in [2.45, 2.75) is 25.1 Å². The highest BCUT2D eigenvalue weighted by molar-refractivity contribution is 6.48. The molecule has 0 aromatic heterocycles. The lowest BCUT2D eigenvalue weighted by Crippen LogP contribution is -2.42. The Morgan fingerprint density at radius 3 is 2.15 bits per heavy atom. The van der Waals surface area contributed by atoms with E-state index in [2.05, 4.69) is 5.16 Å². The van der Waals surface area contributed by atoms with Crippen LogP contribution < -0.4 is 0 Å². The second-order valence-corrected chi connectivity index (χ2v) is 7.45. The minimum atomic E-state index is -4.77. The predicted octanol–water partition coefficient (Wildman–Crippen LogP) is 7.19. The van der Waals surface area contributed by atoms with Crippen LogP contribution in [-0.2, 0) is 10.4 Å². The minimum Gasteiger partial charge on any atom is -0.374 e. The van der Waals surface area contributed by atoms with Crippen LogP contribution in [0.5, 0.6) is 0 Å². The Labute approximate surface area is 167 Å². The summed E-state index contributed by atoms with van der Waals surface area (Å²) in [5.41, 5.74) is -1.63. The summed E-state index contributed by atoms with van der Waals surface area (Å²) in [6.07, 6.45) is -5.32. The molecule has 2 aromatic rings. The molecule has 2 aromatic carbocycles. The smallest absolute Gasteiger partial charge is 0.374 e. The number of aryl methyl sites for hydroxylation is 1. The summed E-state index contributed by atoms with van der Waals surface area (Å²) in [7, 11) is 0. The van der Waals surface area contributed by atoms with E-state index >= 15 is 0 Å². The fourth-order valence-corrected chi connectivity index (χ4v) is 3.40. The quantitative estimate of drug-likeness (QED) is 0.451. The molecule has 0 spiro atoms. The van der Waals surface area contributed by atoms with Crippen LogP contribution in [-0.4, -0.2) is 11.9 Å². The monoisotopic (exact) mass is 441 g/mol. The normalized spacial score (nSPS) is 20.1. The summed E-state index contributed by atoms with van der Waals surface area (Å²) < 4.78 is 41.9. The maximum Gasteiger partial charge on any atom is 0.435 e. The Balaban J connectivity index is 2.06. The van der Waals surface area contributed by atoms with Crippen molar-refractivity contribution in [2.24, 2.45) is 5.16 Å². The van der Waals surface area contributed by atoms with Crippen LogP contribution in [0.25, 0.3) is 0 Å². The van der Waals surface area contributed by atoms with Crippen molar-refractivity contribution in [1.82, 2.24) is 0 Å². The van der Waals surface area contributed by atoms with Gasteiger partial charge in [0.1, 0.15) is 0 Å². The first-order chi connectivity index (χ1) is 12.0. The van der Waals surface area contributed by atoms with Gasteiger partial charge in [0.15, 0.2) is 0 Å². The summed E-state index contributed by atoms with van der Waals surface area (Å²) in [6.45, 7) is 1.79. The number of nitrogens with zero attached hydrogens (tertiary/aromatic N) is 1. The molecule has 1 aliphatic heterocycles. The van der Waals surface area contributed by atoms with Crippen molar-refractivity contribution >= 4 is 52.1 Å². The van der Waals surface area contributed by atoms with E-state index in [9.17, 15) is 13.2 Å². The highest BCUT2D eigenvalue weighted by atomic mass is 35.5. The Morgan fingerprint density at radius 2 is 1.62 bits per heavy atom. The van der Waals surface area contributed by atoms with E-state index in [0.717, 1.165) is 17.7 Å². The summed E-state index contributed by atoms with van der Waals surface area (Å²) in [6, 6.07) is 7.06. The van der Waals surface area contributed by atoms with Gasteiger partial charge >= 0.3 is 6.18 Å². The van der Waals surface area contributed by atoms with Gasteiger partial charge in [-0.05, 0) is 30.7 Å². The van der Waals surface area contributed by atoms with Crippen molar-refractivity contribution < 1.29 is 18.0 Å². The van der Waals surface area contributed by atoms with Crippen molar-refractivity contribution in [2.75, 3.05) is 0 Å². The highest BCUT2D eigenvalue weighted by Crippen LogP contribution is 2.50. The number of hydrogen-bond donors (Lipinski definition) is 0. The Hall–Kier alpha value is -1.14. The summed E-state index contributed by atoms with van der Waals surface area (Å²) in [5, 5.41) is 3.86. The van der Waals surface area contributed by atoms with Crippen LogP contribution in [0.4, 0.5) is 13.2 Å². The highest BCUT2D eigenvalue weighted by Gasteiger charge is 2.62. The molecule has 0 radical (unpaired) electrons. The van der Waals surface area contributed by atoms with Gasteiger partial charge in [-0.1, -0.05) is 63.7 Å². The van der Waals surface area contributed by atoms with Crippen molar-refractivity contribution in [3.8, 4) is 0 Å². The van der Waals surface area contributed by atoms with Gasteiger partial charge in [0.2, 0.25) is 0 Å². The van der Waals surface area contributed by atoms with Crippen LogP contribution in [0.15, 0.2) is 35.5 Å². The largest absolute Gasteiger partial charge is 0.435 e. The molecular weight excluding hydrogens is 433 g/mol. The third-order valence-corrected chi connectivity index (χ3v) is 5.75. The Bertz CT molecular complexity index is 890. The molecule has 0 saturated carbocycles. The van der Waals surface area contributed by atoms with Crippen LogP contribution in [0.1, 0.15) is 23.1 Å². The molecule has 1 aliphatic rings. The maximum atomic E-state index is 14.0. The number of benzene rings is 2. The third kappa shape index (κ3) is 3.26. The van der Waals surface area contributed by atoms with E-state index in [4.69, 9.17) is 51.2 Å². The van der Waals surface area contributed by atoms with Crippen LogP contribution in [0, 0.1) is 6.92 Å². The van der Waals surface area contributed by atoms with Crippen LogP contribution in [0.2, 0.25) is 20.1 Å². The zero-order chi connectivity index (χ0) is 19.3. The second-order valence-electron chi connectivity index (χ2n) is 5.85. The molecule has 0 bridgehead atoms. The SMILES string of the molecule is Cc1ccc(C2=NOC(c3cc(Cl)c(Cl)c(Cl)c3)(C(F)(F)F)C2)cc1Cl. The number of alkyl halides is 3. The van der Waals surface area contributed by atoms with E-state index in [1.165, 1.54) is 0 Å². The first kappa shape index (κ1) is 19.6. The Kier molecular flexibility index (Phi) is 5.12. The molecule has 2 nitrogen and oxygen atoms in total. The van der Waals surface area contributed by atoms with E-state index in [1.54, 1.807) is 25.1 Å². The van der Waals surface area contributed by atoms with E-state index in [0.29, 0.717) is 10.6 Å². The van der Waals surface area contributed by atoms with Crippen molar-refractivity contribution in [1.29, 1.82) is 0 Å². The summed E-state index contributed by atoms with van der Waals surface area (Å²) in [4.78, 5) is 4.94. The van der Waals surface area contributed by atoms with Gasteiger partial charge in [-0.3, -0.25) is 0 Å². The number of hydrogen-bond acceptors (Lipinski definition) is 2. The molecule has 1 unspecified atom stereocenters. The first-order valence-electron chi connectivity index (χ1n) is 7.28. The van der Waals surface area contributed by atoms with E-state index in [-0.39, 0.29) is 26.3 Å². The average Bonchev–Trinajstić information content (AvgIpc) is 3.01. The Morgan fingerprint density at radius 1 is 1.00 bits per heavy atom. The van der Waals surface area contributed by atoms with Crippen LogP contribution >= 0.6 is 46.4 Å². The topological polar surface area (TPSA) is 21.6 Å². The zero-order valence-corrected chi connectivity index (χ0v) is 16.1. The molecule has 9 heteroatoms. The fraction of sp³-hybridized carbons (Fsp3) is 0.235. The average molecular weight is 443 g/mol. The predicted molar refractivity (Wildman–Crippen MR) is 97.6 cm³/mol. The molecule has 0 aliphatic carbocycles. The molecule has 1 atom stereocenters. The molecule has 1 heterocycles. The lowest BCUT2D eigenvalue weighted by Gasteiger charge is -2.30. The molecule has 0 amide bonds. The van der Waals surface area contributed by atoms with Gasteiger partial charge in [0, 0.05) is 22.6 Å². The minimum absolute atomic E-state index is 0.0288. The molecule has 26 heavy (non-hydrogen) atoms. The third-order valence-electron chi connectivity index (χ3n) is 4.14. The molecule has 0 fully saturated rings.